The van der Waals surface area contributed by atoms with Gasteiger partial charge in [0.15, 0.2) is 0 Å². The van der Waals surface area contributed by atoms with E-state index in [0.29, 0.717) is 31.9 Å². The molecule has 2 heterocycles. The van der Waals surface area contributed by atoms with E-state index in [1.54, 1.807) is 17.0 Å². The maximum Gasteiger partial charge on any atom is 0.415 e. The van der Waals surface area contributed by atoms with Gasteiger partial charge in [0.05, 0.1) is 11.0 Å². The number of nitrogens with one attached hydrogen (secondary N) is 2. The van der Waals surface area contributed by atoms with Crippen molar-refractivity contribution in [3.63, 3.8) is 0 Å². The molecule has 3 aromatic rings. The smallest absolute Gasteiger partial charge is 0.410 e. The molecule has 25 heavy (non-hydrogen) atoms. The molecule has 0 radical (unpaired) electrons. The number of ether oxygens (including phenoxy) is 1. The lowest BCUT2D eigenvalue weighted by atomic mass is 10.2. The molecule has 4 rings (SSSR count). The van der Waals surface area contributed by atoms with Crippen LogP contribution in [0.2, 0.25) is 0 Å². The summed E-state index contributed by atoms with van der Waals surface area (Å²) < 4.78 is 5.38. The topological polar surface area (TPSA) is 81.4 Å². The Balaban J connectivity index is 1.40. The normalized spacial score (nSPS) is 14.7. The minimum atomic E-state index is -0.323. The third-order valence-corrected chi connectivity index (χ3v) is 4.35. The van der Waals surface area contributed by atoms with Crippen molar-refractivity contribution >= 4 is 22.8 Å². The molecule has 2 N–H and O–H groups in total. The van der Waals surface area contributed by atoms with Crippen LogP contribution >= 0.6 is 0 Å². The van der Waals surface area contributed by atoms with Crippen LogP contribution in [0.15, 0.2) is 53.3 Å². The molecule has 7 heteroatoms. The number of amides is 1. The fraction of sp³-hybridized carbons (Fsp3) is 0.222. The van der Waals surface area contributed by atoms with Crippen LogP contribution in [0, 0.1) is 0 Å². The summed E-state index contributed by atoms with van der Waals surface area (Å²) in [7, 11) is 0. The highest BCUT2D eigenvalue weighted by molar-refractivity contribution is 5.79. The van der Waals surface area contributed by atoms with Crippen molar-refractivity contribution in [2.75, 3.05) is 31.1 Å². The summed E-state index contributed by atoms with van der Waals surface area (Å²) in [6.07, 6.45) is -0.323. The first-order valence-corrected chi connectivity index (χ1v) is 8.18. The number of hydrogen-bond donors (Lipinski definition) is 2. The number of hydrogen-bond acceptors (Lipinski definition) is 4. The van der Waals surface area contributed by atoms with Crippen LogP contribution in [0.4, 0.5) is 10.5 Å². The van der Waals surface area contributed by atoms with Crippen molar-refractivity contribution in [2.24, 2.45) is 0 Å². The zero-order valence-corrected chi connectivity index (χ0v) is 13.6. The fourth-order valence-corrected chi connectivity index (χ4v) is 3.02. The highest BCUT2D eigenvalue weighted by atomic mass is 16.6. The van der Waals surface area contributed by atoms with E-state index in [0.717, 1.165) is 16.7 Å². The van der Waals surface area contributed by atoms with Crippen LogP contribution in [0.25, 0.3) is 11.0 Å². The predicted molar refractivity (Wildman–Crippen MR) is 95.2 cm³/mol. The second kappa shape index (κ2) is 6.35. The standard InChI is InChI=1S/C18H18N4O3/c23-17-19-15-7-6-13(12-16(15)20-17)21-8-10-22(11-9-21)18(24)25-14-4-2-1-3-5-14/h1-7,12H,8-11H2,(H2,19,20,23). The zero-order chi connectivity index (χ0) is 17.2. The number of nitrogens with zero attached hydrogens (tertiary/aromatic N) is 2. The molecule has 0 aliphatic carbocycles. The van der Waals surface area contributed by atoms with Crippen molar-refractivity contribution < 1.29 is 9.53 Å². The Morgan fingerprint density at radius 1 is 0.920 bits per heavy atom. The molecule has 7 nitrogen and oxygen atoms in total. The van der Waals surface area contributed by atoms with Gasteiger partial charge in [-0.2, -0.15) is 0 Å². The summed E-state index contributed by atoms with van der Waals surface area (Å²) in [4.78, 5) is 33.0. The number of fused-ring (bicyclic) bond motifs is 1. The Morgan fingerprint density at radius 2 is 1.64 bits per heavy atom. The number of rotatable bonds is 2. The number of H-pyrrole nitrogens is 2. The SMILES string of the molecule is O=C(Oc1ccccc1)N1CCN(c2ccc3[nH]c(=O)[nH]c3c2)CC1. The van der Waals surface area contributed by atoms with E-state index in [1.807, 2.05) is 36.4 Å². The summed E-state index contributed by atoms with van der Waals surface area (Å²) in [5.74, 6) is 0.553. The summed E-state index contributed by atoms with van der Waals surface area (Å²) in [5, 5.41) is 0. The average Bonchev–Trinajstić information content (AvgIpc) is 3.02. The van der Waals surface area contributed by atoms with Crippen molar-refractivity contribution in [3.8, 4) is 5.75 Å². The molecule has 0 atom stereocenters. The van der Waals surface area contributed by atoms with Gasteiger partial charge in [-0.05, 0) is 30.3 Å². The molecule has 128 valence electrons. The lowest BCUT2D eigenvalue weighted by molar-refractivity contribution is 0.149. The van der Waals surface area contributed by atoms with E-state index in [-0.39, 0.29) is 11.8 Å². The number of carbonyl (C=O) groups is 1. The number of carbonyl (C=O) groups excluding carboxylic acids is 1. The number of imidazole rings is 1. The fourth-order valence-electron chi connectivity index (χ4n) is 3.02. The summed E-state index contributed by atoms with van der Waals surface area (Å²) >= 11 is 0. The van der Waals surface area contributed by atoms with Gasteiger partial charge in [-0.25, -0.2) is 9.59 Å². The monoisotopic (exact) mass is 338 g/mol. The van der Waals surface area contributed by atoms with E-state index < -0.39 is 0 Å². The lowest BCUT2D eigenvalue weighted by Gasteiger charge is -2.35. The van der Waals surface area contributed by atoms with Gasteiger partial charge in [0.2, 0.25) is 0 Å². The van der Waals surface area contributed by atoms with Crippen molar-refractivity contribution in [3.05, 3.63) is 59.0 Å². The largest absolute Gasteiger partial charge is 0.415 e. The van der Waals surface area contributed by atoms with Gasteiger partial charge in [-0.3, -0.25) is 0 Å². The van der Waals surface area contributed by atoms with Gasteiger partial charge < -0.3 is 24.5 Å². The number of piperazine rings is 1. The van der Waals surface area contributed by atoms with E-state index >= 15 is 0 Å². The van der Waals surface area contributed by atoms with Gasteiger partial charge in [0.1, 0.15) is 5.75 Å². The average molecular weight is 338 g/mol. The first-order valence-electron chi connectivity index (χ1n) is 8.18. The first kappa shape index (κ1) is 15.3. The highest BCUT2D eigenvalue weighted by Crippen LogP contribution is 2.21. The molecular formula is C18H18N4O3. The molecule has 1 fully saturated rings. The Bertz CT molecular complexity index is 940. The molecule has 1 aliphatic rings. The van der Waals surface area contributed by atoms with Crippen molar-refractivity contribution in [2.45, 2.75) is 0 Å². The predicted octanol–water partition coefficient (Wildman–Crippen LogP) is 2.18. The van der Waals surface area contributed by atoms with Crippen molar-refractivity contribution in [1.82, 2.24) is 14.9 Å². The molecule has 0 unspecified atom stereocenters. The van der Waals surface area contributed by atoms with E-state index in [1.165, 1.54) is 0 Å². The van der Waals surface area contributed by atoms with Crippen LogP contribution < -0.4 is 15.3 Å². The molecule has 0 spiro atoms. The Labute approximate surface area is 143 Å². The van der Waals surface area contributed by atoms with E-state index in [2.05, 4.69) is 14.9 Å². The van der Waals surface area contributed by atoms with Crippen LogP contribution in [0.5, 0.6) is 5.75 Å². The molecule has 0 saturated carbocycles. The number of anilines is 1. The van der Waals surface area contributed by atoms with Gasteiger partial charge in [0.25, 0.3) is 0 Å². The zero-order valence-electron chi connectivity index (χ0n) is 13.6. The summed E-state index contributed by atoms with van der Waals surface area (Å²) in [6.45, 7) is 2.61. The third-order valence-electron chi connectivity index (χ3n) is 4.35. The maximum atomic E-state index is 12.2. The first-order chi connectivity index (χ1) is 12.2. The second-order valence-electron chi connectivity index (χ2n) is 5.96. The molecule has 1 saturated heterocycles. The van der Waals surface area contributed by atoms with Gasteiger partial charge >= 0.3 is 11.8 Å². The van der Waals surface area contributed by atoms with Crippen molar-refractivity contribution in [1.29, 1.82) is 0 Å². The summed E-state index contributed by atoms with van der Waals surface area (Å²) in [6, 6.07) is 14.9. The minimum absolute atomic E-state index is 0.208. The highest BCUT2D eigenvalue weighted by Gasteiger charge is 2.23. The van der Waals surface area contributed by atoms with Crippen LogP contribution in [-0.4, -0.2) is 47.1 Å². The molecule has 1 aromatic heterocycles. The second-order valence-corrected chi connectivity index (χ2v) is 5.96. The minimum Gasteiger partial charge on any atom is -0.410 e. The van der Waals surface area contributed by atoms with Crippen LogP contribution in [0.3, 0.4) is 0 Å². The Morgan fingerprint density at radius 3 is 2.40 bits per heavy atom. The van der Waals surface area contributed by atoms with E-state index in [4.69, 9.17) is 4.74 Å². The van der Waals surface area contributed by atoms with E-state index in [9.17, 15) is 9.59 Å². The molecular weight excluding hydrogens is 320 g/mol. The molecule has 2 aromatic carbocycles. The number of para-hydroxylation sites is 1. The molecule has 1 aliphatic heterocycles. The molecule has 1 amide bonds. The van der Waals surface area contributed by atoms with Gasteiger partial charge in [-0.15, -0.1) is 0 Å². The number of benzene rings is 2. The third kappa shape index (κ3) is 3.21. The number of aromatic amines is 2. The van der Waals surface area contributed by atoms with Crippen LogP contribution in [-0.2, 0) is 0 Å². The van der Waals surface area contributed by atoms with Crippen LogP contribution in [0.1, 0.15) is 0 Å². The Hall–Kier alpha value is -3.22. The molecule has 0 bridgehead atoms. The quantitative estimate of drug-likeness (QED) is 0.750. The summed E-state index contributed by atoms with van der Waals surface area (Å²) in [5.41, 5.74) is 2.40. The van der Waals surface area contributed by atoms with Gasteiger partial charge in [0, 0.05) is 31.9 Å². The lowest BCUT2D eigenvalue weighted by Crippen LogP contribution is -2.49. The Kier molecular flexibility index (Phi) is 3.89. The maximum absolute atomic E-state index is 12.2. The number of aromatic nitrogens is 2. The van der Waals surface area contributed by atoms with Gasteiger partial charge in [-0.1, -0.05) is 18.2 Å².